The standard InChI is InChI=1S/C14H17BrO4S/c1-20(18,19)12-6-5-10(9-11(12)15)14(13(16)17)7-3-2-4-8-14/h5-6,9H,2-4,7-8H2,1H3,(H,16,17). The van der Waals surface area contributed by atoms with Crippen LogP contribution in [0, 0.1) is 0 Å². The largest absolute Gasteiger partial charge is 0.481 e. The monoisotopic (exact) mass is 360 g/mol. The summed E-state index contributed by atoms with van der Waals surface area (Å²) in [5.41, 5.74) is -0.194. The summed E-state index contributed by atoms with van der Waals surface area (Å²) in [6, 6.07) is 4.78. The van der Waals surface area contributed by atoms with Crippen molar-refractivity contribution >= 4 is 31.7 Å². The molecule has 0 unspecified atom stereocenters. The van der Waals surface area contributed by atoms with Gasteiger partial charge in [0.1, 0.15) is 0 Å². The first-order valence-corrected chi connectivity index (χ1v) is 9.19. The smallest absolute Gasteiger partial charge is 0.314 e. The number of halogens is 1. The molecule has 2 rings (SSSR count). The lowest BCUT2D eigenvalue weighted by Gasteiger charge is -2.33. The Bertz CT molecular complexity index is 631. The fraction of sp³-hybridized carbons (Fsp3) is 0.500. The van der Waals surface area contributed by atoms with Crippen molar-refractivity contribution in [1.29, 1.82) is 0 Å². The van der Waals surface area contributed by atoms with Gasteiger partial charge in [-0.15, -0.1) is 0 Å². The Kier molecular flexibility index (Phi) is 4.25. The number of carboxylic acids is 1. The molecule has 1 aromatic carbocycles. The van der Waals surface area contributed by atoms with Gasteiger partial charge >= 0.3 is 5.97 Å². The number of hydrogen-bond acceptors (Lipinski definition) is 3. The highest BCUT2D eigenvalue weighted by Crippen LogP contribution is 2.41. The number of aliphatic carboxylic acids is 1. The first-order valence-electron chi connectivity index (χ1n) is 6.51. The first kappa shape index (κ1) is 15.5. The molecule has 1 aliphatic rings. The molecule has 0 atom stereocenters. The molecule has 110 valence electrons. The van der Waals surface area contributed by atoms with E-state index in [-0.39, 0.29) is 4.90 Å². The summed E-state index contributed by atoms with van der Waals surface area (Å²) in [6.07, 6.45) is 5.17. The zero-order valence-electron chi connectivity index (χ0n) is 11.2. The quantitative estimate of drug-likeness (QED) is 0.898. The lowest BCUT2D eigenvalue weighted by atomic mass is 9.69. The van der Waals surface area contributed by atoms with Crippen LogP contribution in [-0.4, -0.2) is 25.7 Å². The molecule has 4 nitrogen and oxygen atoms in total. The van der Waals surface area contributed by atoms with Gasteiger partial charge in [0, 0.05) is 10.7 Å². The van der Waals surface area contributed by atoms with Crippen LogP contribution >= 0.6 is 15.9 Å². The normalized spacial score (nSPS) is 18.7. The molecule has 1 fully saturated rings. The van der Waals surface area contributed by atoms with E-state index in [0.29, 0.717) is 22.9 Å². The third kappa shape index (κ3) is 2.76. The van der Waals surface area contributed by atoms with E-state index in [2.05, 4.69) is 15.9 Å². The third-order valence-corrected chi connectivity index (χ3v) is 6.07. The number of rotatable bonds is 3. The van der Waals surface area contributed by atoms with Crippen molar-refractivity contribution in [2.45, 2.75) is 42.4 Å². The van der Waals surface area contributed by atoms with E-state index in [4.69, 9.17) is 0 Å². The van der Waals surface area contributed by atoms with Gasteiger partial charge in [0.15, 0.2) is 9.84 Å². The average molecular weight is 361 g/mol. The van der Waals surface area contributed by atoms with E-state index < -0.39 is 21.2 Å². The fourth-order valence-electron chi connectivity index (χ4n) is 2.88. The minimum absolute atomic E-state index is 0.192. The highest BCUT2D eigenvalue weighted by atomic mass is 79.9. The van der Waals surface area contributed by atoms with Crippen LogP contribution in [0.25, 0.3) is 0 Å². The summed E-state index contributed by atoms with van der Waals surface area (Å²) in [5.74, 6) is -0.823. The molecule has 1 saturated carbocycles. The highest BCUT2D eigenvalue weighted by Gasteiger charge is 2.41. The molecule has 6 heteroatoms. The Labute approximate surface area is 127 Å². The van der Waals surface area contributed by atoms with E-state index >= 15 is 0 Å². The van der Waals surface area contributed by atoms with Crippen molar-refractivity contribution in [3.63, 3.8) is 0 Å². The third-order valence-electron chi connectivity index (χ3n) is 4.00. The lowest BCUT2D eigenvalue weighted by molar-refractivity contribution is -0.145. The van der Waals surface area contributed by atoms with Gasteiger partial charge in [0.2, 0.25) is 0 Å². The van der Waals surface area contributed by atoms with Crippen LogP contribution < -0.4 is 0 Å². The zero-order chi connectivity index (χ0) is 15.0. The van der Waals surface area contributed by atoms with Crippen LogP contribution in [0.3, 0.4) is 0 Å². The molecule has 0 heterocycles. The molecular weight excluding hydrogens is 344 g/mol. The van der Waals surface area contributed by atoms with Crippen LogP contribution in [0.1, 0.15) is 37.7 Å². The maximum absolute atomic E-state index is 11.7. The Morgan fingerprint density at radius 2 is 1.85 bits per heavy atom. The molecule has 20 heavy (non-hydrogen) atoms. The van der Waals surface area contributed by atoms with Gasteiger partial charge in [-0.25, -0.2) is 8.42 Å². The second-order valence-electron chi connectivity index (χ2n) is 5.37. The van der Waals surface area contributed by atoms with Crippen molar-refractivity contribution in [2.24, 2.45) is 0 Å². The molecule has 1 N–H and O–H groups in total. The van der Waals surface area contributed by atoms with Crippen molar-refractivity contribution in [3.05, 3.63) is 28.2 Å². The Morgan fingerprint density at radius 1 is 1.25 bits per heavy atom. The van der Waals surface area contributed by atoms with Crippen LogP contribution in [0.4, 0.5) is 0 Å². The molecular formula is C14H17BrO4S. The number of sulfone groups is 1. The van der Waals surface area contributed by atoms with Gasteiger partial charge in [-0.3, -0.25) is 4.79 Å². The van der Waals surface area contributed by atoms with E-state index in [1.807, 2.05) is 0 Å². The highest BCUT2D eigenvalue weighted by molar-refractivity contribution is 9.10. The summed E-state index contributed by atoms with van der Waals surface area (Å²) in [6.45, 7) is 0. The predicted molar refractivity (Wildman–Crippen MR) is 79.7 cm³/mol. The minimum Gasteiger partial charge on any atom is -0.481 e. The van der Waals surface area contributed by atoms with Crippen LogP contribution in [0.15, 0.2) is 27.6 Å². The summed E-state index contributed by atoms with van der Waals surface area (Å²) >= 11 is 3.25. The molecule has 1 aliphatic carbocycles. The average Bonchev–Trinajstić information content (AvgIpc) is 2.37. The summed E-state index contributed by atoms with van der Waals surface area (Å²) in [4.78, 5) is 11.9. The van der Waals surface area contributed by atoms with Crippen LogP contribution in [-0.2, 0) is 20.0 Å². The van der Waals surface area contributed by atoms with E-state index in [9.17, 15) is 18.3 Å². The Balaban J connectivity index is 2.51. The van der Waals surface area contributed by atoms with E-state index in [0.717, 1.165) is 25.5 Å². The maximum atomic E-state index is 11.7. The van der Waals surface area contributed by atoms with Gasteiger partial charge in [-0.2, -0.15) is 0 Å². The van der Waals surface area contributed by atoms with Crippen molar-refractivity contribution in [3.8, 4) is 0 Å². The Hall–Kier alpha value is -0.880. The van der Waals surface area contributed by atoms with Gasteiger partial charge < -0.3 is 5.11 Å². The number of hydrogen-bond donors (Lipinski definition) is 1. The maximum Gasteiger partial charge on any atom is 0.314 e. The van der Waals surface area contributed by atoms with Crippen molar-refractivity contribution < 1.29 is 18.3 Å². The summed E-state index contributed by atoms with van der Waals surface area (Å²) in [5, 5.41) is 9.63. The van der Waals surface area contributed by atoms with E-state index in [1.54, 1.807) is 12.1 Å². The van der Waals surface area contributed by atoms with Gasteiger partial charge in [-0.05, 0) is 46.5 Å². The number of benzene rings is 1. The molecule has 1 aromatic rings. The van der Waals surface area contributed by atoms with Crippen LogP contribution in [0.2, 0.25) is 0 Å². The van der Waals surface area contributed by atoms with Crippen molar-refractivity contribution in [1.82, 2.24) is 0 Å². The first-order chi connectivity index (χ1) is 9.27. The van der Waals surface area contributed by atoms with Gasteiger partial charge in [0.25, 0.3) is 0 Å². The molecule has 0 radical (unpaired) electrons. The minimum atomic E-state index is -3.32. The van der Waals surface area contributed by atoms with Crippen molar-refractivity contribution in [2.75, 3.05) is 6.26 Å². The lowest BCUT2D eigenvalue weighted by Crippen LogP contribution is -2.37. The second kappa shape index (κ2) is 5.48. The molecule has 0 aromatic heterocycles. The van der Waals surface area contributed by atoms with Gasteiger partial charge in [-0.1, -0.05) is 25.3 Å². The molecule has 0 aliphatic heterocycles. The number of carboxylic acid groups (broad SMARTS) is 1. The SMILES string of the molecule is CS(=O)(=O)c1ccc(C2(C(=O)O)CCCCC2)cc1Br. The Morgan fingerprint density at radius 3 is 2.30 bits per heavy atom. The van der Waals surface area contributed by atoms with E-state index in [1.165, 1.54) is 6.07 Å². The summed E-state index contributed by atoms with van der Waals surface area (Å²) in [7, 11) is -3.32. The predicted octanol–water partition coefficient (Wildman–Crippen LogP) is 3.14. The molecule has 0 bridgehead atoms. The number of carbonyl (C=O) groups is 1. The second-order valence-corrected chi connectivity index (χ2v) is 8.20. The van der Waals surface area contributed by atoms with Crippen LogP contribution in [0.5, 0.6) is 0 Å². The molecule has 0 saturated heterocycles. The summed E-state index contributed by atoms with van der Waals surface area (Å²) < 4.78 is 23.7. The zero-order valence-corrected chi connectivity index (χ0v) is 13.6. The van der Waals surface area contributed by atoms with Gasteiger partial charge in [0.05, 0.1) is 10.3 Å². The topological polar surface area (TPSA) is 71.4 Å². The molecule has 0 amide bonds. The molecule has 0 spiro atoms. The fourth-order valence-corrected chi connectivity index (χ4v) is 4.87.